The zero-order chi connectivity index (χ0) is 15.2. The van der Waals surface area contributed by atoms with E-state index in [1.54, 1.807) is 7.11 Å². The van der Waals surface area contributed by atoms with Gasteiger partial charge in [-0.05, 0) is 43.5 Å². The second-order valence-corrected chi connectivity index (χ2v) is 4.69. The molecule has 0 bridgehead atoms. The van der Waals surface area contributed by atoms with Crippen LogP contribution in [-0.4, -0.2) is 23.9 Å². The number of benzene rings is 1. The van der Waals surface area contributed by atoms with Gasteiger partial charge in [-0.3, -0.25) is 0 Å². The number of rotatable bonds is 5. The fourth-order valence-electron chi connectivity index (χ4n) is 1.85. The van der Waals surface area contributed by atoms with Crippen LogP contribution in [0.1, 0.15) is 22.4 Å². The molecule has 0 atom stereocenters. The van der Waals surface area contributed by atoms with Gasteiger partial charge in [0, 0.05) is 7.11 Å². The molecule has 2 rings (SSSR count). The van der Waals surface area contributed by atoms with Crippen LogP contribution >= 0.6 is 0 Å². The summed E-state index contributed by atoms with van der Waals surface area (Å²) in [5.41, 5.74) is 3.11. The Morgan fingerprint density at radius 2 is 1.86 bits per heavy atom. The number of hydrogen-bond acceptors (Lipinski definition) is 5. The number of nitriles is 1. The van der Waals surface area contributed by atoms with E-state index in [4.69, 9.17) is 9.47 Å². The molecule has 2 aromatic rings. The fraction of sp³-hybridized carbons (Fsp3) is 0.312. The highest BCUT2D eigenvalue weighted by Gasteiger charge is 2.12. The van der Waals surface area contributed by atoms with Gasteiger partial charge in [0.1, 0.15) is 17.4 Å². The average Bonchev–Trinajstić information content (AvgIpc) is 2.50. The van der Waals surface area contributed by atoms with Crippen molar-refractivity contribution < 1.29 is 9.47 Å². The molecule has 0 radical (unpaired) electrons. The molecule has 0 N–H and O–H groups in total. The predicted octanol–water partition coefficient (Wildman–Crippen LogP) is 2.95. The number of aromatic nitrogens is 2. The van der Waals surface area contributed by atoms with Crippen molar-refractivity contribution >= 4 is 0 Å². The maximum absolute atomic E-state index is 9.23. The lowest BCUT2D eigenvalue weighted by Crippen LogP contribution is -2.00. The van der Waals surface area contributed by atoms with E-state index in [1.165, 1.54) is 0 Å². The smallest absolute Gasteiger partial charge is 0.257 e. The number of ether oxygens (including phenoxy) is 2. The highest BCUT2D eigenvalue weighted by molar-refractivity contribution is 5.46. The number of aryl methyl sites for hydroxylation is 1. The molecule has 0 saturated heterocycles. The second kappa shape index (κ2) is 6.82. The van der Waals surface area contributed by atoms with Gasteiger partial charge in [-0.25, -0.2) is 0 Å². The van der Waals surface area contributed by atoms with Crippen molar-refractivity contribution in [2.24, 2.45) is 0 Å². The van der Waals surface area contributed by atoms with Crippen LogP contribution < -0.4 is 4.74 Å². The topological polar surface area (TPSA) is 68.0 Å². The van der Waals surface area contributed by atoms with Crippen LogP contribution in [0, 0.1) is 25.2 Å². The lowest BCUT2D eigenvalue weighted by atomic mass is 10.1. The zero-order valence-electron chi connectivity index (χ0n) is 12.4. The second-order valence-electron chi connectivity index (χ2n) is 4.69. The van der Waals surface area contributed by atoms with Crippen LogP contribution in [0.15, 0.2) is 24.3 Å². The lowest BCUT2D eigenvalue weighted by Gasteiger charge is -2.09. The quantitative estimate of drug-likeness (QED) is 0.844. The molecule has 21 heavy (non-hydrogen) atoms. The number of methoxy groups -OCH3 is 1. The van der Waals surface area contributed by atoms with Gasteiger partial charge in [-0.1, -0.05) is 12.1 Å². The highest BCUT2D eigenvalue weighted by atomic mass is 16.5. The van der Waals surface area contributed by atoms with Crippen molar-refractivity contribution in [1.29, 1.82) is 5.26 Å². The summed E-state index contributed by atoms with van der Waals surface area (Å²) in [5.74, 6) is 0.871. The summed E-state index contributed by atoms with van der Waals surface area (Å²) in [5, 5.41) is 17.2. The van der Waals surface area contributed by atoms with E-state index in [2.05, 4.69) is 16.3 Å². The van der Waals surface area contributed by atoms with E-state index in [9.17, 15) is 5.26 Å². The Kier molecular flexibility index (Phi) is 4.85. The van der Waals surface area contributed by atoms with Crippen LogP contribution in [0.4, 0.5) is 0 Å². The minimum Gasteiger partial charge on any atom is -0.437 e. The average molecular weight is 283 g/mol. The van der Waals surface area contributed by atoms with Gasteiger partial charge in [-0.2, -0.15) is 10.4 Å². The number of nitrogens with zero attached hydrogens (tertiary/aromatic N) is 3. The van der Waals surface area contributed by atoms with E-state index in [1.807, 2.05) is 38.1 Å². The van der Waals surface area contributed by atoms with Crippen molar-refractivity contribution in [2.45, 2.75) is 20.3 Å². The molecule has 0 unspecified atom stereocenters. The molecule has 5 heteroatoms. The van der Waals surface area contributed by atoms with Crippen LogP contribution in [0.25, 0.3) is 0 Å². The van der Waals surface area contributed by atoms with Gasteiger partial charge < -0.3 is 9.47 Å². The first kappa shape index (κ1) is 14.9. The first-order valence-corrected chi connectivity index (χ1v) is 6.65. The summed E-state index contributed by atoms with van der Waals surface area (Å²) >= 11 is 0. The van der Waals surface area contributed by atoms with Crippen molar-refractivity contribution in [3.63, 3.8) is 0 Å². The van der Waals surface area contributed by atoms with Gasteiger partial charge in [0.2, 0.25) is 0 Å². The SMILES string of the molecule is COCCc1ccc(Oc2nnc(C)c(C)c2C#N)cc1. The maximum atomic E-state index is 9.23. The molecule has 5 nitrogen and oxygen atoms in total. The Balaban J connectivity index is 2.19. The van der Waals surface area contributed by atoms with E-state index in [0.29, 0.717) is 17.9 Å². The largest absolute Gasteiger partial charge is 0.437 e. The van der Waals surface area contributed by atoms with Crippen LogP contribution in [0.5, 0.6) is 11.6 Å². The molecular formula is C16H17N3O2. The molecular weight excluding hydrogens is 266 g/mol. The van der Waals surface area contributed by atoms with Crippen molar-refractivity contribution in [1.82, 2.24) is 10.2 Å². The Labute approximate surface area is 124 Å². The summed E-state index contributed by atoms with van der Waals surface area (Å²) in [6.07, 6.45) is 0.851. The summed E-state index contributed by atoms with van der Waals surface area (Å²) in [4.78, 5) is 0. The van der Waals surface area contributed by atoms with Crippen molar-refractivity contribution in [3.8, 4) is 17.7 Å². The maximum Gasteiger partial charge on any atom is 0.257 e. The summed E-state index contributed by atoms with van der Waals surface area (Å²) in [6.45, 7) is 4.34. The van der Waals surface area contributed by atoms with Gasteiger partial charge in [0.15, 0.2) is 0 Å². The first-order valence-electron chi connectivity index (χ1n) is 6.65. The van der Waals surface area contributed by atoms with E-state index >= 15 is 0 Å². The molecule has 0 aliphatic carbocycles. The summed E-state index contributed by atoms with van der Waals surface area (Å²) in [6, 6.07) is 9.75. The Bertz CT molecular complexity index is 660. The van der Waals surface area contributed by atoms with Gasteiger partial charge in [0.05, 0.1) is 12.3 Å². The molecule has 108 valence electrons. The summed E-state index contributed by atoms with van der Waals surface area (Å²) in [7, 11) is 1.68. The zero-order valence-corrected chi connectivity index (χ0v) is 12.4. The van der Waals surface area contributed by atoms with E-state index < -0.39 is 0 Å². The monoisotopic (exact) mass is 283 g/mol. The molecule has 0 fully saturated rings. The van der Waals surface area contributed by atoms with Crippen LogP contribution in [0.3, 0.4) is 0 Å². The standard InChI is InChI=1S/C16H17N3O2/c1-11-12(2)18-19-16(15(11)10-17)21-14-6-4-13(5-7-14)8-9-20-3/h4-7H,8-9H2,1-3H3. The minimum absolute atomic E-state index is 0.241. The minimum atomic E-state index is 0.241. The molecule has 1 aromatic heterocycles. The molecule has 0 spiro atoms. The Hall–Kier alpha value is -2.45. The third kappa shape index (κ3) is 3.56. The molecule has 0 amide bonds. The predicted molar refractivity (Wildman–Crippen MR) is 78.3 cm³/mol. The number of hydrogen-bond donors (Lipinski definition) is 0. The van der Waals surface area contributed by atoms with Gasteiger partial charge in [-0.15, -0.1) is 5.10 Å². The Morgan fingerprint density at radius 1 is 1.14 bits per heavy atom. The first-order chi connectivity index (χ1) is 10.2. The van der Waals surface area contributed by atoms with Crippen LogP contribution in [-0.2, 0) is 11.2 Å². The molecule has 0 aliphatic rings. The lowest BCUT2D eigenvalue weighted by molar-refractivity contribution is 0.202. The molecule has 0 aliphatic heterocycles. The molecule has 0 saturated carbocycles. The Morgan fingerprint density at radius 3 is 2.48 bits per heavy atom. The molecule has 1 aromatic carbocycles. The molecule has 1 heterocycles. The normalized spacial score (nSPS) is 10.2. The third-order valence-electron chi connectivity index (χ3n) is 3.27. The summed E-state index contributed by atoms with van der Waals surface area (Å²) < 4.78 is 10.7. The van der Waals surface area contributed by atoms with E-state index in [-0.39, 0.29) is 5.88 Å². The van der Waals surface area contributed by atoms with Crippen LogP contribution in [0.2, 0.25) is 0 Å². The fourth-order valence-corrected chi connectivity index (χ4v) is 1.85. The van der Waals surface area contributed by atoms with Crippen molar-refractivity contribution in [3.05, 3.63) is 46.6 Å². The van der Waals surface area contributed by atoms with Gasteiger partial charge in [0.25, 0.3) is 5.88 Å². The van der Waals surface area contributed by atoms with Crippen molar-refractivity contribution in [2.75, 3.05) is 13.7 Å². The third-order valence-corrected chi connectivity index (χ3v) is 3.27. The highest BCUT2D eigenvalue weighted by Crippen LogP contribution is 2.25. The van der Waals surface area contributed by atoms with Gasteiger partial charge >= 0.3 is 0 Å². The van der Waals surface area contributed by atoms with E-state index in [0.717, 1.165) is 23.2 Å².